The van der Waals surface area contributed by atoms with Crippen molar-refractivity contribution in [1.29, 1.82) is 0 Å². The van der Waals surface area contributed by atoms with Crippen molar-refractivity contribution in [1.82, 2.24) is 14.8 Å². The number of aromatic nitrogens is 1. The molecule has 7 heteroatoms. The van der Waals surface area contributed by atoms with Crippen LogP contribution in [0.5, 0.6) is 0 Å². The third kappa shape index (κ3) is 3.36. The van der Waals surface area contributed by atoms with Crippen molar-refractivity contribution in [3.05, 3.63) is 52.6 Å². The first-order valence-electron chi connectivity index (χ1n) is 10.8. The van der Waals surface area contributed by atoms with E-state index in [1.807, 2.05) is 18.4 Å². The minimum Gasteiger partial charge on any atom is -0.323 e. The number of hydrogen-bond donors (Lipinski definition) is 1. The smallest absolute Gasteiger partial charge is 0.323 e. The van der Waals surface area contributed by atoms with E-state index >= 15 is 0 Å². The third-order valence-corrected chi connectivity index (χ3v) is 6.95. The standard InChI is InChI=1S/C24H28FN3O3/c1-14-8-9-18(12-20(14)25)28-16(3)11-19(17(28)4)21(29)13-27-22(30)24(26-23(27)31)10-6-5-7-15(24)2/h8-9,11-12,15H,5-7,10,13H2,1-4H3,(H,26,31). The molecule has 164 valence electrons. The van der Waals surface area contributed by atoms with Gasteiger partial charge < -0.3 is 9.88 Å². The molecule has 2 fully saturated rings. The molecule has 6 nitrogen and oxygen atoms in total. The van der Waals surface area contributed by atoms with E-state index in [4.69, 9.17) is 0 Å². The normalized spacial score (nSPS) is 23.5. The van der Waals surface area contributed by atoms with Crippen LogP contribution in [0.25, 0.3) is 5.69 Å². The number of nitrogens with zero attached hydrogens (tertiary/aromatic N) is 2. The van der Waals surface area contributed by atoms with Crippen molar-refractivity contribution < 1.29 is 18.8 Å². The molecule has 4 rings (SSSR count). The quantitative estimate of drug-likeness (QED) is 0.589. The molecule has 0 radical (unpaired) electrons. The molecule has 2 unspecified atom stereocenters. The lowest BCUT2D eigenvalue weighted by Gasteiger charge is -2.36. The van der Waals surface area contributed by atoms with Crippen LogP contribution in [0.15, 0.2) is 24.3 Å². The average molecular weight is 426 g/mol. The Bertz CT molecular complexity index is 1090. The van der Waals surface area contributed by atoms with Gasteiger partial charge in [0.2, 0.25) is 0 Å². The summed E-state index contributed by atoms with van der Waals surface area (Å²) in [6.45, 7) is 7.01. The van der Waals surface area contributed by atoms with E-state index in [-0.39, 0.29) is 30.0 Å². The summed E-state index contributed by atoms with van der Waals surface area (Å²) >= 11 is 0. The van der Waals surface area contributed by atoms with Crippen LogP contribution in [0.2, 0.25) is 0 Å². The van der Waals surface area contributed by atoms with Crippen molar-refractivity contribution in [3.8, 4) is 5.69 Å². The molecule has 0 bridgehead atoms. The molecule has 1 N–H and O–H groups in total. The van der Waals surface area contributed by atoms with Crippen LogP contribution < -0.4 is 5.32 Å². The largest absolute Gasteiger partial charge is 0.325 e. The Hall–Kier alpha value is -2.96. The zero-order valence-electron chi connectivity index (χ0n) is 18.4. The van der Waals surface area contributed by atoms with Crippen molar-refractivity contribution >= 4 is 17.7 Å². The van der Waals surface area contributed by atoms with Crippen LogP contribution in [0.4, 0.5) is 9.18 Å². The van der Waals surface area contributed by atoms with Gasteiger partial charge in [-0.15, -0.1) is 0 Å². The Labute approximate surface area is 181 Å². The predicted molar refractivity (Wildman–Crippen MR) is 115 cm³/mol. The monoisotopic (exact) mass is 425 g/mol. The van der Waals surface area contributed by atoms with Crippen molar-refractivity contribution in [3.63, 3.8) is 0 Å². The van der Waals surface area contributed by atoms with Crippen LogP contribution in [0.1, 0.15) is 59.9 Å². The molecule has 1 aromatic carbocycles. The lowest BCUT2D eigenvalue weighted by Crippen LogP contribution is -2.54. The SMILES string of the molecule is Cc1ccc(-n2c(C)cc(C(=O)CN3C(=O)NC4(CCCCC4C)C3=O)c2C)cc1F. The zero-order valence-corrected chi connectivity index (χ0v) is 18.4. The molecular weight excluding hydrogens is 397 g/mol. The van der Waals surface area contributed by atoms with E-state index in [2.05, 4.69) is 5.32 Å². The topological polar surface area (TPSA) is 71.4 Å². The molecule has 1 aliphatic heterocycles. The van der Waals surface area contributed by atoms with Gasteiger partial charge in [0.25, 0.3) is 5.91 Å². The van der Waals surface area contributed by atoms with Gasteiger partial charge >= 0.3 is 6.03 Å². The van der Waals surface area contributed by atoms with Crippen molar-refractivity contribution in [2.24, 2.45) is 5.92 Å². The van der Waals surface area contributed by atoms with Gasteiger partial charge in [-0.05, 0) is 63.3 Å². The molecule has 1 spiro atoms. The number of aryl methyl sites for hydroxylation is 2. The molecule has 1 aliphatic carbocycles. The lowest BCUT2D eigenvalue weighted by atomic mass is 9.73. The van der Waals surface area contributed by atoms with Gasteiger partial charge in [-0.2, -0.15) is 0 Å². The van der Waals surface area contributed by atoms with Crippen LogP contribution in [-0.4, -0.2) is 39.3 Å². The number of carbonyl (C=O) groups is 3. The van der Waals surface area contributed by atoms with Crippen LogP contribution >= 0.6 is 0 Å². The maximum Gasteiger partial charge on any atom is 0.325 e. The highest BCUT2D eigenvalue weighted by atomic mass is 19.1. The van der Waals surface area contributed by atoms with Crippen molar-refractivity contribution in [2.45, 2.75) is 58.9 Å². The minimum atomic E-state index is -0.883. The number of amides is 3. The summed E-state index contributed by atoms with van der Waals surface area (Å²) in [4.78, 5) is 40.0. The second-order valence-electron chi connectivity index (χ2n) is 8.92. The number of hydrogen-bond acceptors (Lipinski definition) is 3. The average Bonchev–Trinajstić information content (AvgIpc) is 3.15. The summed E-state index contributed by atoms with van der Waals surface area (Å²) in [7, 11) is 0. The Morgan fingerprint density at radius 3 is 2.61 bits per heavy atom. The summed E-state index contributed by atoms with van der Waals surface area (Å²) in [5, 5.41) is 2.88. The second kappa shape index (κ2) is 7.62. The number of urea groups is 1. The summed E-state index contributed by atoms with van der Waals surface area (Å²) in [6.07, 6.45) is 3.40. The number of nitrogens with one attached hydrogen (secondary N) is 1. The molecule has 31 heavy (non-hydrogen) atoms. The van der Waals surface area contributed by atoms with Crippen molar-refractivity contribution in [2.75, 3.05) is 6.54 Å². The summed E-state index contributed by atoms with van der Waals surface area (Å²) in [5.74, 6) is -0.883. The number of Topliss-reactive ketones (excluding diaryl/α,β-unsaturated/α-hetero) is 1. The first-order valence-corrected chi connectivity index (χ1v) is 10.8. The Morgan fingerprint density at radius 1 is 1.19 bits per heavy atom. The fourth-order valence-corrected chi connectivity index (χ4v) is 5.03. The maximum absolute atomic E-state index is 14.1. The second-order valence-corrected chi connectivity index (χ2v) is 8.92. The first-order chi connectivity index (χ1) is 14.7. The molecule has 1 aromatic heterocycles. The van der Waals surface area contributed by atoms with E-state index in [9.17, 15) is 18.8 Å². The van der Waals surface area contributed by atoms with E-state index in [0.29, 0.717) is 28.9 Å². The highest BCUT2D eigenvalue weighted by Crippen LogP contribution is 2.38. The minimum absolute atomic E-state index is 0.0410. The summed E-state index contributed by atoms with van der Waals surface area (Å²) < 4.78 is 15.9. The molecular formula is C24H28FN3O3. The molecule has 2 heterocycles. The molecule has 3 amide bonds. The van der Waals surface area contributed by atoms with E-state index in [1.165, 1.54) is 6.07 Å². The number of imide groups is 1. The molecule has 2 atom stereocenters. The molecule has 2 aromatic rings. The summed E-state index contributed by atoms with van der Waals surface area (Å²) in [5.41, 5.74) is 2.15. The number of benzene rings is 1. The van der Waals surface area contributed by atoms with Crippen LogP contribution in [-0.2, 0) is 4.79 Å². The van der Waals surface area contributed by atoms with E-state index in [1.54, 1.807) is 32.0 Å². The molecule has 1 saturated carbocycles. The Kier molecular flexibility index (Phi) is 5.23. The third-order valence-electron chi connectivity index (χ3n) is 6.95. The predicted octanol–water partition coefficient (Wildman–Crippen LogP) is 4.23. The van der Waals surface area contributed by atoms with Gasteiger partial charge in [0.1, 0.15) is 11.4 Å². The van der Waals surface area contributed by atoms with Gasteiger partial charge in [0.15, 0.2) is 5.78 Å². The Morgan fingerprint density at radius 2 is 1.94 bits per heavy atom. The Balaban J connectivity index is 1.60. The van der Waals surface area contributed by atoms with Gasteiger partial charge in [0.05, 0.1) is 6.54 Å². The number of halogens is 1. The van der Waals surface area contributed by atoms with Gasteiger partial charge in [0, 0.05) is 22.6 Å². The highest BCUT2D eigenvalue weighted by molar-refractivity contribution is 6.11. The van der Waals surface area contributed by atoms with E-state index in [0.717, 1.165) is 29.9 Å². The summed E-state index contributed by atoms with van der Waals surface area (Å²) in [6, 6.07) is 6.17. The number of rotatable bonds is 4. The fourth-order valence-electron chi connectivity index (χ4n) is 5.03. The molecule has 1 saturated heterocycles. The van der Waals surface area contributed by atoms with Gasteiger partial charge in [-0.1, -0.05) is 25.8 Å². The number of ketones is 1. The number of carbonyl (C=O) groups excluding carboxylic acids is 3. The lowest BCUT2D eigenvalue weighted by molar-refractivity contribution is -0.133. The van der Waals surface area contributed by atoms with Gasteiger partial charge in [-0.25, -0.2) is 9.18 Å². The zero-order chi connectivity index (χ0) is 22.5. The fraction of sp³-hybridized carbons (Fsp3) is 0.458. The van der Waals surface area contributed by atoms with Crippen LogP contribution in [0, 0.1) is 32.5 Å². The first kappa shape index (κ1) is 21.3. The highest BCUT2D eigenvalue weighted by Gasteiger charge is 2.55. The van der Waals surface area contributed by atoms with Gasteiger partial charge in [-0.3, -0.25) is 14.5 Å². The van der Waals surface area contributed by atoms with Crippen LogP contribution in [0.3, 0.4) is 0 Å². The maximum atomic E-state index is 14.1. The molecule has 2 aliphatic rings. The van der Waals surface area contributed by atoms with E-state index < -0.39 is 11.6 Å².